The number of rotatable bonds is 4. The molecule has 0 bridgehead atoms. The molecule has 1 amide bonds. The molecular weight excluding hydrogens is 294 g/mol. The Bertz CT molecular complexity index is 591. The number of nitrogens with two attached hydrogens (primary N) is 1. The van der Waals surface area contributed by atoms with Crippen molar-refractivity contribution in [3.05, 3.63) is 29.8 Å². The molecule has 8 heteroatoms. The van der Waals surface area contributed by atoms with Gasteiger partial charge in [-0.25, -0.2) is 13.2 Å². The number of sulfonamides is 1. The largest absolute Gasteiger partial charge is 0.444 e. The molecular formula is C13H21N3O4S. The molecule has 0 atom stereocenters. The Balaban J connectivity index is 2.68. The highest BCUT2D eigenvalue weighted by atomic mass is 32.2. The fourth-order valence-electron chi connectivity index (χ4n) is 1.39. The molecule has 0 spiro atoms. The van der Waals surface area contributed by atoms with Gasteiger partial charge in [-0.2, -0.15) is 0 Å². The van der Waals surface area contributed by atoms with Gasteiger partial charge in [0.2, 0.25) is 0 Å². The molecule has 3 N–H and O–H groups in total. The molecule has 0 aliphatic carbocycles. The molecule has 1 aromatic carbocycles. The van der Waals surface area contributed by atoms with Crippen molar-refractivity contribution in [2.45, 2.75) is 38.2 Å². The molecule has 0 aliphatic rings. The number of hydrazine groups is 1. The summed E-state index contributed by atoms with van der Waals surface area (Å²) < 4.78 is 29.9. The van der Waals surface area contributed by atoms with Crippen LogP contribution in [0.4, 0.5) is 4.79 Å². The first kappa shape index (κ1) is 17.4. The van der Waals surface area contributed by atoms with Crippen molar-refractivity contribution in [2.75, 3.05) is 6.67 Å². The van der Waals surface area contributed by atoms with E-state index in [0.29, 0.717) is 4.41 Å². The van der Waals surface area contributed by atoms with Gasteiger partial charge in [0.1, 0.15) is 12.3 Å². The molecule has 1 aromatic rings. The van der Waals surface area contributed by atoms with Crippen LogP contribution in [-0.2, 0) is 14.8 Å². The summed E-state index contributed by atoms with van der Waals surface area (Å²) >= 11 is 0. The Morgan fingerprint density at radius 1 is 1.29 bits per heavy atom. The second-order valence-electron chi connectivity index (χ2n) is 5.54. The van der Waals surface area contributed by atoms with Crippen molar-refractivity contribution < 1.29 is 17.9 Å². The Hall–Kier alpha value is -1.64. The maximum atomic E-state index is 12.2. The van der Waals surface area contributed by atoms with Crippen LogP contribution in [0.25, 0.3) is 0 Å². The molecule has 7 nitrogen and oxygen atoms in total. The van der Waals surface area contributed by atoms with E-state index in [-0.39, 0.29) is 11.6 Å². The Labute approximate surface area is 125 Å². The van der Waals surface area contributed by atoms with Gasteiger partial charge < -0.3 is 10.1 Å². The number of nitrogens with zero attached hydrogens (tertiary/aromatic N) is 1. The second kappa shape index (κ2) is 6.42. The van der Waals surface area contributed by atoms with Gasteiger partial charge in [-0.1, -0.05) is 17.7 Å². The van der Waals surface area contributed by atoms with E-state index in [0.717, 1.165) is 5.56 Å². The maximum Gasteiger partial charge on any atom is 0.408 e. The lowest BCUT2D eigenvalue weighted by molar-refractivity contribution is 0.0510. The smallest absolute Gasteiger partial charge is 0.408 e. The van der Waals surface area contributed by atoms with Crippen LogP contribution in [0.5, 0.6) is 0 Å². The van der Waals surface area contributed by atoms with Crippen molar-refractivity contribution in [2.24, 2.45) is 5.84 Å². The molecule has 0 saturated heterocycles. The Kier molecular flexibility index (Phi) is 5.32. The molecule has 0 unspecified atom stereocenters. The van der Waals surface area contributed by atoms with Gasteiger partial charge in [0, 0.05) is 0 Å². The normalized spacial score (nSPS) is 12.3. The number of hydrogen-bond acceptors (Lipinski definition) is 5. The van der Waals surface area contributed by atoms with E-state index in [1.54, 1.807) is 32.9 Å². The average molecular weight is 315 g/mol. The van der Waals surface area contributed by atoms with E-state index in [2.05, 4.69) is 5.32 Å². The summed E-state index contributed by atoms with van der Waals surface area (Å²) in [6, 6.07) is 6.25. The van der Waals surface area contributed by atoms with Gasteiger partial charge in [-0.15, -0.1) is 4.41 Å². The van der Waals surface area contributed by atoms with Gasteiger partial charge in [-0.05, 0) is 39.8 Å². The summed E-state index contributed by atoms with van der Waals surface area (Å²) in [6.07, 6.45) is -0.739. The molecule has 1 rings (SSSR count). The molecule has 118 valence electrons. The number of carbonyl (C=O) groups is 1. The first-order valence-corrected chi connectivity index (χ1v) is 7.77. The first-order valence-electron chi connectivity index (χ1n) is 6.33. The predicted molar refractivity (Wildman–Crippen MR) is 78.6 cm³/mol. The molecule has 0 fully saturated rings. The average Bonchev–Trinajstić information content (AvgIpc) is 2.34. The number of ether oxygens (including phenoxy) is 1. The fraction of sp³-hybridized carbons (Fsp3) is 0.462. The van der Waals surface area contributed by atoms with Crippen molar-refractivity contribution in [1.29, 1.82) is 0 Å². The summed E-state index contributed by atoms with van der Waals surface area (Å²) in [4.78, 5) is 11.5. The van der Waals surface area contributed by atoms with Crippen molar-refractivity contribution in [3.63, 3.8) is 0 Å². The van der Waals surface area contributed by atoms with E-state index >= 15 is 0 Å². The minimum atomic E-state index is -3.85. The van der Waals surface area contributed by atoms with Crippen molar-refractivity contribution in [3.8, 4) is 0 Å². The molecule has 21 heavy (non-hydrogen) atoms. The lowest BCUT2D eigenvalue weighted by atomic mass is 10.2. The van der Waals surface area contributed by atoms with E-state index < -0.39 is 21.7 Å². The third-order valence-corrected chi connectivity index (χ3v) is 4.02. The number of benzene rings is 1. The summed E-state index contributed by atoms with van der Waals surface area (Å²) in [5.74, 6) is 5.51. The van der Waals surface area contributed by atoms with Crippen LogP contribution in [0.1, 0.15) is 26.3 Å². The van der Waals surface area contributed by atoms with Gasteiger partial charge in [0.15, 0.2) is 0 Å². The third-order valence-electron chi connectivity index (χ3n) is 2.41. The van der Waals surface area contributed by atoms with Gasteiger partial charge in [0.05, 0.1) is 4.90 Å². The van der Waals surface area contributed by atoms with Crippen LogP contribution in [0.15, 0.2) is 29.2 Å². The second-order valence-corrected chi connectivity index (χ2v) is 7.43. The standard InChI is InChI=1S/C13H21N3O4S/c1-10-5-7-11(8-6-10)21(18,19)16(14)9-15-12(17)20-13(2,3)4/h5-8H,9,14H2,1-4H3,(H,15,17). The zero-order valence-corrected chi connectivity index (χ0v) is 13.4. The fourth-order valence-corrected chi connectivity index (χ4v) is 2.37. The third kappa shape index (κ3) is 5.33. The molecule has 0 aliphatic heterocycles. The van der Waals surface area contributed by atoms with Gasteiger partial charge >= 0.3 is 6.09 Å². The highest BCUT2D eigenvalue weighted by Gasteiger charge is 2.23. The van der Waals surface area contributed by atoms with E-state index in [9.17, 15) is 13.2 Å². The number of nitrogens with one attached hydrogen (secondary N) is 1. The van der Waals surface area contributed by atoms with E-state index in [1.807, 2.05) is 6.92 Å². The summed E-state index contributed by atoms with van der Waals surface area (Å²) in [5, 5.41) is 2.29. The molecule has 0 saturated carbocycles. The lowest BCUT2D eigenvalue weighted by Crippen LogP contribution is -2.46. The summed E-state index contributed by atoms with van der Waals surface area (Å²) in [7, 11) is -3.85. The number of alkyl carbamates (subject to hydrolysis) is 1. The highest BCUT2D eigenvalue weighted by molar-refractivity contribution is 7.89. The Morgan fingerprint density at radius 3 is 2.29 bits per heavy atom. The topological polar surface area (TPSA) is 102 Å². The molecule has 0 aromatic heterocycles. The molecule has 0 radical (unpaired) electrons. The predicted octanol–water partition coefficient (Wildman–Crippen LogP) is 1.34. The van der Waals surface area contributed by atoms with Crippen molar-refractivity contribution in [1.82, 2.24) is 9.73 Å². The molecule has 0 heterocycles. The van der Waals surface area contributed by atoms with E-state index in [1.165, 1.54) is 12.1 Å². The zero-order chi connectivity index (χ0) is 16.3. The zero-order valence-electron chi connectivity index (χ0n) is 12.6. The minimum Gasteiger partial charge on any atom is -0.444 e. The Morgan fingerprint density at radius 2 is 1.81 bits per heavy atom. The van der Waals surface area contributed by atoms with Crippen LogP contribution >= 0.6 is 0 Å². The van der Waals surface area contributed by atoms with Crippen LogP contribution in [0.2, 0.25) is 0 Å². The number of amides is 1. The van der Waals surface area contributed by atoms with Crippen LogP contribution in [0, 0.1) is 6.92 Å². The van der Waals surface area contributed by atoms with E-state index in [4.69, 9.17) is 10.6 Å². The van der Waals surface area contributed by atoms with Crippen LogP contribution < -0.4 is 11.2 Å². The monoisotopic (exact) mass is 315 g/mol. The SMILES string of the molecule is Cc1ccc(S(=O)(=O)N(N)CNC(=O)OC(C)(C)C)cc1. The quantitative estimate of drug-likeness (QED) is 0.496. The summed E-state index contributed by atoms with van der Waals surface area (Å²) in [5.41, 5.74) is 0.267. The van der Waals surface area contributed by atoms with Crippen LogP contribution in [0.3, 0.4) is 0 Å². The van der Waals surface area contributed by atoms with Gasteiger partial charge in [0.25, 0.3) is 10.0 Å². The van der Waals surface area contributed by atoms with Gasteiger partial charge in [-0.3, -0.25) is 5.84 Å². The number of carbonyl (C=O) groups excluding carboxylic acids is 1. The van der Waals surface area contributed by atoms with Crippen LogP contribution in [-0.4, -0.2) is 31.2 Å². The lowest BCUT2D eigenvalue weighted by Gasteiger charge is -2.21. The highest BCUT2D eigenvalue weighted by Crippen LogP contribution is 2.13. The van der Waals surface area contributed by atoms with Crippen molar-refractivity contribution >= 4 is 16.1 Å². The number of aryl methyl sites for hydroxylation is 1. The minimum absolute atomic E-state index is 0.0570. The first-order chi connectivity index (χ1) is 9.52. The summed E-state index contributed by atoms with van der Waals surface area (Å²) in [6.45, 7) is 6.58. The maximum absolute atomic E-state index is 12.2. The number of hydrogen-bond donors (Lipinski definition) is 2.